The van der Waals surface area contributed by atoms with Crippen LogP contribution in [0.25, 0.3) is 0 Å². The third-order valence-corrected chi connectivity index (χ3v) is 4.09. The second-order valence-corrected chi connectivity index (χ2v) is 5.63. The lowest BCUT2D eigenvalue weighted by Gasteiger charge is -2.16. The number of thiophene rings is 1. The molecule has 1 atom stereocenters. The number of rotatable bonds is 5. The number of aliphatic hydroxyl groups excluding tert-OH is 1. The molecule has 5 heteroatoms. The van der Waals surface area contributed by atoms with Crippen molar-refractivity contribution in [3.63, 3.8) is 0 Å². The average molecular weight is 294 g/mol. The predicted octanol–water partition coefficient (Wildman–Crippen LogP) is 3.16. The molecule has 108 valence electrons. The largest absolute Gasteiger partial charge is 0.493 e. The lowest BCUT2D eigenvalue weighted by atomic mass is 10.1. The molecule has 0 saturated heterocycles. The zero-order valence-corrected chi connectivity index (χ0v) is 12.8. The summed E-state index contributed by atoms with van der Waals surface area (Å²) in [6.07, 6.45) is -0.706. The van der Waals surface area contributed by atoms with Gasteiger partial charge in [0.05, 0.1) is 21.3 Å². The average Bonchev–Trinajstić information content (AvgIpc) is 2.91. The molecule has 4 nitrogen and oxygen atoms in total. The van der Waals surface area contributed by atoms with Gasteiger partial charge in [-0.2, -0.15) is 0 Å². The summed E-state index contributed by atoms with van der Waals surface area (Å²) in [7, 11) is 4.67. The zero-order chi connectivity index (χ0) is 14.7. The van der Waals surface area contributed by atoms with Gasteiger partial charge in [0.1, 0.15) is 6.10 Å². The van der Waals surface area contributed by atoms with Crippen LogP contribution in [0, 0.1) is 6.92 Å². The highest BCUT2D eigenvalue weighted by atomic mass is 32.1. The molecule has 1 aromatic heterocycles. The summed E-state index contributed by atoms with van der Waals surface area (Å²) in [5.41, 5.74) is 0.710. The molecule has 0 spiro atoms. The van der Waals surface area contributed by atoms with Crippen LogP contribution in [-0.4, -0.2) is 26.4 Å². The standard InChI is InChI=1S/C15H18O4S/c1-9-5-6-13(20-9)14(16)10-7-11(17-2)15(19-4)12(8-10)18-3/h5-8,14,16H,1-4H3. The van der Waals surface area contributed by atoms with E-state index in [9.17, 15) is 5.11 Å². The third kappa shape index (κ3) is 2.73. The molecule has 2 aromatic rings. The topological polar surface area (TPSA) is 47.9 Å². The molecular weight excluding hydrogens is 276 g/mol. The summed E-state index contributed by atoms with van der Waals surface area (Å²) in [6, 6.07) is 7.44. The molecule has 20 heavy (non-hydrogen) atoms. The highest BCUT2D eigenvalue weighted by Gasteiger charge is 2.19. The SMILES string of the molecule is COc1cc(C(O)c2ccc(C)s2)cc(OC)c1OC. The molecule has 1 N–H and O–H groups in total. The number of aliphatic hydroxyl groups is 1. The number of aryl methyl sites for hydroxylation is 1. The Hall–Kier alpha value is -1.72. The van der Waals surface area contributed by atoms with Gasteiger partial charge in [-0.25, -0.2) is 0 Å². The van der Waals surface area contributed by atoms with Crippen molar-refractivity contribution in [3.8, 4) is 17.2 Å². The summed E-state index contributed by atoms with van der Waals surface area (Å²) in [4.78, 5) is 2.04. The van der Waals surface area contributed by atoms with Gasteiger partial charge >= 0.3 is 0 Å². The van der Waals surface area contributed by atoms with Crippen LogP contribution < -0.4 is 14.2 Å². The number of methoxy groups -OCH3 is 3. The van der Waals surface area contributed by atoms with Crippen LogP contribution in [0.4, 0.5) is 0 Å². The quantitative estimate of drug-likeness (QED) is 0.920. The summed E-state index contributed by atoms with van der Waals surface area (Å²) in [6.45, 7) is 2.01. The molecule has 1 aromatic carbocycles. The van der Waals surface area contributed by atoms with Crippen LogP contribution in [0.3, 0.4) is 0 Å². The van der Waals surface area contributed by atoms with Crippen molar-refractivity contribution in [1.29, 1.82) is 0 Å². The molecule has 0 bridgehead atoms. The minimum atomic E-state index is -0.706. The molecular formula is C15H18O4S. The van der Waals surface area contributed by atoms with E-state index in [-0.39, 0.29) is 0 Å². The van der Waals surface area contributed by atoms with E-state index < -0.39 is 6.10 Å². The van der Waals surface area contributed by atoms with E-state index in [0.29, 0.717) is 22.8 Å². The first kappa shape index (κ1) is 14.7. The molecule has 0 aliphatic heterocycles. The Morgan fingerprint density at radius 1 is 1.00 bits per heavy atom. The Kier molecular flexibility index (Phi) is 4.52. The maximum Gasteiger partial charge on any atom is 0.203 e. The van der Waals surface area contributed by atoms with E-state index >= 15 is 0 Å². The first-order valence-electron chi connectivity index (χ1n) is 6.15. The smallest absolute Gasteiger partial charge is 0.203 e. The van der Waals surface area contributed by atoms with Crippen LogP contribution in [0.2, 0.25) is 0 Å². The fourth-order valence-corrected chi connectivity index (χ4v) is 2.92. The normalized spacial score (nSPS) is 12.1. The van der Waals surface area contributed by atoms with Crippen molar-refractivity contribution in [2.24, 2.45) is 0 Å². The van der Waals surface area contributed by atoms with Gasteiger partial charge in [-0.1, -0.05) is 0 Å². The number of hydrogen-bond acceptors (Lipinski definition) is 5. The Bertz CT molecular complexity index is 566. The van der Waals surface area contributed by atoms with Crippen LogP contribution in [0.15, 0.2) is 24.3 Å². The summed E-state index contributed by atoms with van der Waals surface area (Å²) >= 11 is 1.56. The zero-order valence-electron chi connectivity index (χ0n) is 12.0. The molecule has 0 saturated carbocycles. The van der Waals surface area contributed by atoms with Gasteiger partial charge in [-0.05, 0) is 36.8 Å². The highest BCUT2D eigenvalue weighted by molar-refractivity contribution is 7.12. The fourth-order valence-electron chi connectivity index (χ4n) is 2.02. The molecule has 0 aliphatic rings. The summed E-state index contributed by atoms with van der Waals surface area (Å²) in [5.74, 6) is 1.59. The minimum Gasteiger partial charge on any atom is -0.493 e. The predicted molar refractivity (Wildman–Crippen MR) is 79.2 cm³/mol. The first-order chi connectivity index (χ1) is 9.60. The summed E-state index contributed by atoms with van der Waals surface area (Å²) < 4.78 is 15.9. The number of ether oxygens (including phenoxy) is 3. The Morgan fingerprint density at radius 3 is 2.00 bits per heavy atom. The Balaban J connectivity index is 2.46. The summed E-state index contributed by atoms with van der Waals surface area (Å²) in [5, 5.41) is 10.5. The second kappa shape index (κ2) is 6.15. The van der Waals surface area contributed by atoms with Crippen molar-refractivity contribution in [2.45, 2.75) is 13.0 Å². The van der Waals surface area contributed by atoms with Gasteiger partial charge < -0.3 is 19.3 Å². The van der Waals surface area contributed by atoms with Crippen LogP contribution in [0.5, 0.6) is 17.2 Å². The Labute approximate surface area is 122 Å². The van der Waals surface area contributed by atoms with Gasteiger partial charge in [-0.3, -0.25) is 0 Å². The van der Waals surface area contributed by atoms with E-state index in [2.05, 4.69) is 0 Å². The van der Waals surface area contributed by atoms with Crippen molar-refractivity contribution < 1.29 is 19.3 Å². The minimum absolute atomic E-state index is 0.522. The second-order valence-electron chi connectivity index (χ2n) is 4.31. The van der Waals surface area contributed by atoms with Crippen molar-refractivity contribution >= 4 is 11.3 Å². The van der Waals surface area contributed by atoms with E-state index in [1.807, 2.05) is 19.1 Å². The molecule has 0 amide bonds. The van der Waals surface area contributed by atoms with Gasteiger partial charge in [-0.15, -0.1) is 11.3 Å². The first-order valence-corrected chi connectivity index (χ1v) is 6.96. The monoisotopic (exact) mass is 294 g/mol. The molecule has 1 heterocycles. The Morgan fingerprint density at radius 2 is 1.60 bits per heavy atom. The van der Waals surface area contributed by atoms with E-state index in [0.717, 1.165) is 9.75 Å². The van der Waals surface area contributed by atoms with E-state index in [1.54, 1.807) is 44.8 Å². The maximum atomic E-state index is 10.5. The fraction of sp³-hybridized carbons (Fsp3) is 0.333. The van der Waals surface area contributed by atoms with Gasteiger partial charge in [0, 0.05) is 9.75 Å². The molecule has 1 unspecified atom stereocenters. The van der Waals surface area contributed by atoms with Gasteiger partial charge in [0.25, 0.3) is 0 Å². The number of hydrogen-bond donors (Lipinski definition) is 1. The molecule has 0 aliphatic carbocycles. The lowest BCUT2D eigenvalue weighted by molar-refractivity contribution is 0.222. The van der Waals surface area contributed by atoms with E-state index in [4.69, 9.17) is 14.2 Å². The number of benzene rings is 1. The van der Waals surface area contributed by atoms with Crippen LogP contribution >= 0.6 is 11.3 Å². The van der Waals surface area contributed by atoms with Crippen molar-refractivity contribution in [1.82, 2.24) is 0 Å². The molecule has 0 radical (unpaired) electrons. The molecule has 0 fully saturated rings. The van der Waals surface area contributed by atoms with Crippen molar-refractivity contribution in [3.05, 3.63) is 39.6 Å². The van der Waals surface area contributed by atoms with Gasteiger partial charge in [0.2, 0.25) is 5.75 Å². The maximum absolute atomic E-state index is 10.5. The third-order valence-electron chi connectivity index (χ3n) is 3.03. The van der Waals surface area contributed by atoms with Crippen LogP contribution in [-0.2, 0) is 0 Å². The van der Waals surface area contributed by atoms with Gasteiger partial charge in [0.15, 0.2) is 11.5 Å². The molecule has 2 rings (SSSR count). The highest BCUT2D eigenvalue weighted by Crippen LogP contribution is 2.41. The lowest BCUT2D eigenvalue weighted by Crippen LogP contribution is -2.01. The van der Waals surface area contributed by atoms with Crippen molar-refractivity contribution in [2.75, 3.05) is 21.3 Å². The van der Waals surface area contributed by atoms with E-state index in [1.165, 1.54) is 0 Å². The van der Waals surface area contributed by atoms with Crippen LogP contribution in [0.1, 0.15) is 21.4 Å².